The fourth-order valence-electron chi connectivity index (χ4n) is 1.13. The number of aryl methyl sites for hydroxylation is 2. The van der Waals surface area contributed by atoms with Crippen LogP contribution < -0.4 is 5.73 Å². The Bertz CT molecular complexity index is 410. The van der Waals surface area contributed by atoms with E-state index in [1.807, 2.05) is 13.0 Å². The van der Waals surface area contributed by atoms with Gasteiger partial charge in [0.1, 0.15) is 5.76 Å². The third kappa shape index (κ3) is 1.18. The van der Waals surface area contributed by atoms with E-state index in [0.29, 0.717) is 11.8 Å². The fourth-order valence-corrected chi connectivity index (χ4v) is 1.13. The minimum atomic E-state index is 0.399. The van der Waals surface area contributed by atoms with Gasteiger partial charge in [0.2, 0.25) is 5.95 Å². The van der Waals surface area contributed by atoms with Gasteiger partial charge in [0.05, 0.1) is 11.8 Å². The molecule has 0 aliphatic heterocycles. The summed E-state index contributed by atoms with van der Waals surface area (Å²) < 4.78 is 6.67. The lowest BCUT2D eigenvalue weighted by atomic mass is 10.2. The van der Waals surface area contributed by atoms with Crippen molar-refractivity contribution in [2.75, 3.05) is 5.73 Å². The number of anilines is 1. The van der Waals surface area contributed by atoms with Gasteiger partial charge in [0.25, 0.3) is 0 Å². The molecule has 68 valence electrons. The van der Waals surface area contributed by atoms with Gasteiger partial charge in [0.15, 0.2) is 5.82 Å². The van der Waals surface area contributed by atoms with E-state index in [2.05, 4.69) is 10.1 Å². The molecule has 0 spiro atoms. The van der Waals surface area contributed by atoms with E-state index in [1.54, 1.807) is 13.3 Å². The van der Waals surface area contributed by atoms with Crippen molar-refractivity contribution in [1.82, 2.24) is 14.8 Å². The van der Waals surface area contributed by atoms with Gasteiger partial charge in [-0.1, -0.05) is 0 Å². The number of aromatic nitrogens is 3. The number of hydrogen-bond acceptors (Lipinski definition) is 4. The van der Waals surface area contributed by atoms with Crippen molar-refractivity contribution >= 4 is 5.95 Å². The molecule has 2 heterocycles. The first-order chi connectivity index (χ1) is 6.18. The average Bonchev–Trinajstić information content (AvgIpc) is 2.60. The molecule has 5 heteroatoms. The van der Waals surface area contributed by atoms with Gasteiger partial charge >= 0.3 is 0 Å². The summed E-state index contributed by atoms with van der Waals surface area (Å²) in [6.45, 7) is 1.86. The zero-order valence-electron chi connectivity index (χ0n) is 7.48. The molecule has 13 heavy (non-hydrogen) atoms. The molecule has 0 aliphatic rings. The van der Waals surface area contributed by atoms with Crippen LogP contribution >= 0.6 is 0 Å². The van der Waals surface area contributed by atoms with E-state index in [-0.39, 0.29) is 0 Å². The van der Waals surface area contributed by atoms with Crippen molar-refractivity contribution in [3.63, 3.8) is 0 Å². The van der Waals surface area contributed by atoms with Crippen molar-refractivity contribution in [3.05, 3.63) is 18.1 Å². The van der Waals surface area contributed by atoms with Crippen LogP contribution in [-0.2, 0) is 7.05 Å². The van der Waals surface area contributed by atoms with E-state index >= 15 is 0 Å². The fraction of sp³-hybridized carbons (Fsp3) is 0.250. The highest BCUT2D eigenvalue weighted by Crippen LogP contribution is 2.20. The van der Waals surface area contributed by atoms with Crippen molar-refractivity contribution in [3.8, 4) is 11.4 Å². The van der Waals surface area contributed by atoms with Crippen LogP contribution in [0.15, 0.2) is 16.7 Å². The largest absolute Gasteiger partial charge is 0.469 e. The summed E-state index contributed by atoms with van der Waals surface area (Å²) in [7, 11) is 1.75. The Hall–Kier alpha value is -1.78. The second-order valence-electron chi connectivity index (χ2n) is 2.81. The normalized spacial score (nSPS) is 10.6. The van der Waals surface area contributed by atoms with Gasteiger partial charge in [-0.2, -0.15) is 4.98 Å². The molecule has 0 saturated heterocycles. The Labute approximate surface area is 75.2 Å². The highest BCUT2D eigenvalue weighted by molar-refractivity contribution is 5.57. The summed E-state index contributed by atoms with van der Waals surface area (Å²) in [6, 6.07) is 1.82. The van der Waals surface area contributed by atoms with Crippen molar-refractivity contribution in [2.45, 2.75) is 6.92 Å². The molecular weight excluding hydrogens is 168 g/mol. The minimum absolute atomic E-state index is 0.399. The monoisotopic (exact) mass is 178 g/mol. The van der Waals surface area contributed by atoms with Crippen LogP contribution in [0.5, 0.6) is 0 Å². The Balaban J connectivity index is 2.53. The van der Waals surface area contributed by atoms with E-state index < -0.39 is 0 Å². The first-order valence-corrected chi connectivity index (χ1v) is 3.89. The van der Waals surface area contributed by atoms with Crippen molar-refractivity contribution < 1.29 is 4.42 Å². The molecule has 5 nitrogen and oxygen atoms in total. The maximum Gasteiger partial charge on any atom is 0.218 e. The second kappa shape index (κ2) is 2.62. The average molecular weight is 178 g/mol. The van der Waals surface area contributed by atoms with E-state index in [0.717, 1.165) is 11.3 Å². The Morgan fingerprint density at radius 3 is 2.77 bits per heavy atom. The smallest absolute Gasteiger partial charge is 0.218 e. The van der Waals surface area contributed by atoms with Crippen molar-refractivity contribution in [1.29, 1.82) is 0 Å². The number of furan rings is 1. The van der Waals surface area contributed by atoms with Crippen LogP contribution in [0, 0.1) is 6.92 Å². The van der Waals surface area contributed by atoms with Crippen LogP contribution in [0.2, 0.25) is 0 Å². The van der Waals surface area contributed by atoms with Crippen LogP contribution in [0.3, 0.4) is 0 Å². The van der Waals surface area contributed by atoms with Gasteiger partial charge < -0.3 is 10.2 Å². The Morgan fingerprint density at radius 2 is 2.31 bits per heavy atom. The van der Waals surface area contributed by atoms with Crippen LogP contribution in [0.25, 0.3) is 11.4 Å². The summed E-state index contributed by atoms with van der Waals surface area (Å²) in [6.07, 6.45) is 1.61. The van der Waals surface area contributed by atoms with Gasteiger partial charge in [0, 0.05) is 7.05 Å². The summed E-state index contributed by atoms with van der Waals surface area (Å²) in [5, 5.41) is 4.13. The Morgan fingerprint density at radius 1 is 1.54 bits per heavy atom. The SMILES string of the molecule is Cc1occc1-c1nc(N)n(C)n1. The number of rotatable bonds is 1. The predicted molar refractivity (Wildman–Crippen MR) is 47.9 cm³/mol. The summed E-state index contributed by atoms with van der Waals surface area (Å²) in [5.74, 6) is 1.80. The first kappa shape index (κ1) is 7.85. The lowest BCUT2D eigenvalue weighted by Crippen LogP contribution is -1.97. The summed E-state index contributed by atoms with van der Waals surface area (Å²) in [5.41, 5.74) is 6.44. The predicted octanol–water partition coefficient (Wildman–Crippen LogP) is 0.966. The number of nitrogens with zero attached hydrogens (tertiary/aromatic N) is 3. The highest BCUT2D eigenvalue weighted by Gasteiger charge is 2.10. The lowest BCUT2D eigenvalue weighted by molar-refractivity contribution is 0.535. The molecule has 0 aromatic carbocycles. The number of nitrogens with two attached hydrogens (primary N) is 1. The summed E-state index contributed by atoms with van der Waals surface area (Å²) in [4.78, 5) is 4.08. The lowest BCUT2D eigenvalue weighted by Gasteiger charge is -1.88. The molecule has 2 N–H and O–H groups in total. The maximum absolute atomic E-state index is 5.56. The van der Waals surface area contributed by atoms with Gasteiger partial charge in [-0.15, -0.1) is 5.10 Å². The van der Waals surface area contributed by atoms with E-state index in [1.165, 1.54) is 4.68 Å². The summed E-state index contributed by atoms with van der Waals surface area (Å²) >= 11 is 0. The topological polar surface area (TPSA) is 69.9 Å². The van der Waals surface area contributed by atoms with Crippen LogP contribution in [0.4, 0.5) is 5.95 Å². The minimum Gasteiger partial charge on any atom is -0.469 e. The Kier molecular flexibility index (Phi) is 1.58. The van der Waals surface area contributed by atoms with Crippen LogP contribution in [0.1, 0.15) is 5.76 Å². The number of nitrogen functional groups attached to an aromatic ring is 1. The zero-order chi connectivity index (χ0) is 9.42. The quantitative estimate of drug-likeness (QED) is 0.706. The standard InChI is InChI=1S/C8H10N4O/c1-5-6(3-4-13-5)7-10-8(9)12(2)11-7/h3-4H,1-2H3,(H2,9,10,11). The molecule has 0 amide bonds. The first-order valence-electron chi connectivity index (χ1n) is 3.89. The van der Waals surface area contributed by atoms with Gasteiger partial charge in [-0.05, 0) is 13.0 Å². The van der Waals surface area contributed by atoms with E-state index in [9.17, 15) is 0 Å². The molecule has 0 atom stereocenters. The molecule has 0 saturated carbocycles. The number of hydrogen-bond donors (Lipinski definition) is 1. The van der Waals surface area contributed by atoms with Gasteiger partial charge in [-0.3, -0.25) is 0 Å². The van der Waals surface area contributed by atoms with Gasteiger partial charge in [-0.25, -0.2) is 4.68 Å². The van der Waals surface area contributed by atoms with Crippen LogP contribution in [-0.4, -0.2) is 14.8 Å². The molecule has 0 radical (unpaired) electrons. The second-order valence-corrected chi connectivity index (χ2v) is 2.81. The molecule has 0 bridgehead atoms. The molecule has 2 aromatic heterocycles. The van der Waals surface area contributed by atoms with E-state index in [4.69, 9.17) is 10.2 Å². The molecule has 2 aromatic rings. The molecule has 0 fully saturated rings. The zero-order valence-corrected chi connectivity index (χ0v) is 7.48. The third-order valence-corrected chi connectivity index (χ3v) is 1.90. The molecule has 0 unspecified atom stereocenters. The molecule has 0 aliphatic carbocycles. The van der Waals surface area contributed by atoms with Crippen molar-refractivity contribution in [2.24, 2.45) is 7.05 Å². The third-order valence-electron chi connectivity index (χ3n) is 1.90. The molecular formula is C8H10N4O. The highest BCUT2D eigenvalue weighted by atomic mass is 16.3. The molecule has 2 rings (SSSR count). The maximum atomic E-state index is 5.56.